The molecule has 0 aromatic heterocycles. The van der Waals surface area contributed by atoms with E-state index in [1.807, 2.05) is 13.8 Å². The van der Waals surface area contributed by atoms with E-state index in [1.165, 1.54) is 32.8 Å². The second-order valence-corrected chi connectivity index (χ2v) is 7.65. The standard InChI is InChI=1S/C18H30O4/c1-13(2)17(20)22-12-18-8-4-5-14(10-18)9-15(11-18)6-7-16(19)21-3/h13-15H,4-12H2,1-3H3. The van der Waals surface area contributed by atoms with Crippen molar-refractivity contribution in [3.8, 4) is 0 Å². The molecule has 126 valence electrons. The summed E-state index contributed by atoms with van der Waals surface area (Å²) in [5.74, 6) is 1.04. The molecule has 2 aliphatic carbocycles. The van der Waals surface area contributed by atoms with Crippen molar-refractivity contribution >= 4 is 11.9 Å². The minimum absolute atomic E-state index is 0.0606. The number of methoxy groups -OCH3 is 1. The number of ether oxygens (including phenoxy) is 2. The Kier molecular flexibility index (Phi) is 5.87. The summed E-state index contributed by atoms with van der Waals surface area (Å²) < 4.78 is 10.3. The molecule has 2 aliphatic rings. The molecule has 2 saturated carbocycles. The molecule has 0 aliphatic heterocycles. The van der Waals surface area contributed by atoms with E-state index >= 15 is 0 Å². The van der Waals surface area contributed by atoms with Gasteiger partial charge in [0, 0.05) is 11.8 Å². The fraction of sp³-hybridized carbons (Fsp3) is 0.889. The normalized spacial score (nSPS) is 30.9. The van der Waals surface area contributed by atoms with Crippen molar-refractivity contribution in [1.82, 2.24) is 0 Å². The first-order valence-corrected chi connectivity index (χ1v) is 8.67. The number of esters is 2. The van der Waals surface area contributed by atoms with E-state index in [0.29, 0.717) is 18.9 Å². The number of carbonyl (C=O) groups is 2. The van der Waals surface area contributed by atoms with Gasteiger partial charge >= 0.3 is 11.9 Å². The smallest absolute Gasteiger partial charge is 0.308 e. The lowest BCUT2D eigenvalue weighted by Gasteiger charge is -2.48. The molecule has 2 rings (SSSR count). The third-order valence-electron chi connectivity index (χ3n) is 5.41. The van der Waals surface area contributed by atoms with E-state index < -0.39 is 0 Å². The Labute approximate surface area is 133 Å². The first-order chi connectivity index (χ1) is 10.4. The second-order valence-electron chi connectivity index (χ2n) is 7.65. The Morgan fingerprint density at radius 2 is 2.05 bits per heavy atom. The molecule has 2 fully saturated rings. The number of hydrogen-bond donors (Lipinski definition) is 0. The molecule has 2 bridgehead atoms. The Bertz CT molecular complexity index is 404. The zero-order chi connectivity index (χ0) is 16.2. The highest BCUT2D eigenvalue weighted by Crippen LogP contribution is 2.52. The number of rotatable bonds is 6. The van der Waals surface area contributed by atoms with Crippen molar-refractivity contribution < 1.29 is 19.1 Å². The lowest BCUT2D eigenvalue weighted by atomic mass is 9.58. The average molecular weight is 310 g/mol. The van der Waals surface area contributed by atoms with Crippen LogP contribution in [0.25, 0.3) is 0 Å². The summed E-state index contributed by atoms with van der Waals surface area (Å²) in [7, 11) is 1.45. The van der Waals surface area contributed by atoms with Crippen molar-refractivity contribution in [3.63, 3.8) is 0 Å². The Balaban J connectivity index is 1.93. The van der Waals surface area contributed by atoms with Gasteiger partial charge in [0.1, 0.15) is 0 Å². The van der Waals surface area contributed by atoms with Gasteiger partial charge in [-0.2, -0.15) is 0 Å². The topological polar surface area (TPSA) is 52.6 Å². The number of fused-ring (bicyclic) bond motifs is 2. The third kappa shape index (κ3) is 4.47. The van der Waals surface area contributed by atoms with Crippen LogP contribution in [-0.4, -0.2) is 25.7 Å². The molecule has 0 spiro atoms. The van der Waals surface area contributed by atoms with E-state index in [2.05, 4.69) is 0 Å². The summed E-state index contributed by atoms with van der Waals surface area (Å²) in [5, 5.41) is 0. The summed E-state index contributed by atoms with van der Waals surface area (Å²) in [6.45, 7) is 4.32. The maximum absolute atomic E-state index is 11.8. The molecular formula is C18H30O4. The summed E-state index contributed by atoms with van der Waals surface area (Å²) >= 11 is 0. The highest BCUT2D eigenvalue weighted by atomic mass is 16.5. The second kappa shape index (κ2) is 7.47. The van der Waals surface area contributed by atoms with Crippen molar-refractivity contribution in [2.45, 2.75) is 65.2 Å². The predicted molar refractivity (Wildman–Crippen MR) is 84.2 cm³/mol. The van der Waals surface area contributed by atoms with Crippen LogP contribution < -0.4 is 0 Å². The van der Waals surface area contributed by atoms with Crippen LogP contribution in [0.15, 0.2) is 0 Å². The fourth-order valence-corrected chi connectivity index (χ4v) is 4.36. The zero-order valence-electron chi connectivity index (χ0n) is 14.2. The molecule has 22 heavy (non-hydrogen) atoms. The Morgan fingerprint density at radius 3 is 2.73 bits per heavy atom. The van der Waals surface area contributed by atoms with Gasteiger partial charge < -0.3 is 9.47 Å². The molecule has 0 N–H and O–H groups in total. The van der Waals surface area contributed by atoms with Crippen molar-refractivity contribution in [3.05, 3.63) is 0 Å². The highest BCUT2D eigenvalue weighted by molar-refractivity contribution is 5.71. The van der Waals surface area contributed by atoms with E-state index in [0.717, 1.165) is 25.2 Å². The predicted octanol–water partition coefficient (Wildman–Crippen LogP) is 3.73. The van der Waals surface area contributed by atoms with Crippen LogP contribution in [0.2, 0.25) is 0 Å². The van der Waals surface area contributed by atoms with Crippen molar-refractivity contribution in [1.29, 1.82) is 0 Å². The monoisotopic (exact) mass is 310 g/mol. The largest absolute Gasteiger partial charge is 0.469 e. The van der Waals surface area contributed by atoms with Gasteiger partial charge in [-0.25, -0.2) is 0 Å². The number of carbonyl (C=O) groups excluding carboxylic acids is 2. The first kappa shape index (κ1) is 17.3. The van der Waals surface area contributed by atoms with E-state index in [9.17, 15) is 9.59 Å². The molecule has 0 radical (unpaired) electrons. The summed E-state index contributed by atoms with van der Waals surface area (Å²) in [6, 6.07) is 0. The van der Waals surface area contributed by atoms with Crippen LogP contribution in [0.5, 0.6) is 0 Å². The van der Waals surface area contributed by atoms with Gasteiger partial charge in [0.25, 0.3) is 0 Å². The number of hydrogen-bond acceptors (Lipinski definition) is 4. The van der Waals surface area contributed by atoms with Gasteiger partial charge in [0.2, 0.25) is 0 Å². The molecule has 3 unspecified atom stereocenters. The summed E-state index contributed by atoms with van der Waals surface area (Å²) in [4.78, 5) is 23.2. The SMILES string of the molecule is COC(=O)CCC1CC2CCCC(COC(=O)C(C)C)(C2)C1. The van der Waals surface area contributed by atoms with Gasteiger partial charge in [-0.15, -0.1) is 0 Å². The average Bonchev–Trinajstić information content (AvgIpc) is 2.49. The van der Waals surface area contributed by atoms with E-state index in [-0.39, 0.29) is 23.3 Å². The van der Waals surface area contributed by atoms with Crippen LogP contribution in [-0.2, 0) is 19.1 Å². The molecule has 0 amide bonds. The first-order valence-electron chi connectivity index (χ1n) is 8.67. The summed E-state index contributed by atoms with van der Waals surface area (Å²) in [6.07, 6.45) is 8.60. The highest BCUT2D eigenvalue weighted by Gasteiger charge is 2.43. The van der Waals surface area contributed by atoms with Crippen LogP contribution >= 0.6 is 0 Å². The van der Waals surface area contributed by atoms with E-state index in [1.54, 1.807) is 0 Å². The molecule has 0 saturated heterocycles. The molecule has 4 heteroatoms. The lowest BCUT2D eigenvalue weighted by molar-refractivity contribution is -0.154. The minimum Gasteiger partial charge on any atom is -0.469 e. The molecular weight excluding hydrogens is 280 g/mol. The van der Waals surface area contributed by atoms with E-state index in [4.69, 9.17) is 9.47 Å². The Morgan fingerprint density at radius 1 is 1.27 bits per heavy atom. The van der Waals surface area contributed by atoms with Crippen LogP contribution in [0.3, 0.4) is 0 Å². The van der Waals surface area contributed by atoms with Crippen molar-refractivity contribution in [2.24, 2.45) is 23.2 Å². The van der Waals surface area contributed by atoms with Crippen LogP contribution in [0.1, 0.15) is 65.2 Å². The maximum atomic E-state index is 11.8. The zero-order valence-corrected chi connectivity index (χ0v) is 14.2. The van der Waals surface area contributed by atoms with Crippen molar-refractivity contribution in [2.75, 3.05) is 13.7 Å². The van der Waals surface area contributed by atoms with Crippen LogP contribution in [0, 0.1) is 23.2 Å². The Hall–Kier alpha value is -1.06. The molecule has 4 nitrogen and oxygen atoms in total. The van der Waals surface area contributed by atoms with Gasteiger partial charge in [-0.1, -0.05) is 26.7 Å². The van der Waals surface area contributed by atoms with Gasteiger partial charge in [-0.05, 0) is 43.9 Å². The van der Waals surface area contributed by atoms with Gasteiger partial charge in [0.15, 0.2) is 0 Å². The molecule has 3 atom stereocenters. The quantitative estimate of drug-likeness (QED) is 0.702. The van der Waals surface area contributed by atoms with Gasteiger partial charge in [-0.3, -0.25) is 9.59 Å². The molecule has 0 aromatic rings. The minimum atomic E-state index is -0.115. The molecule has 0 heterocycles. The fourth-order valence-electron chi connectivity index (χ4n) is 4.36. The molecule has 0 aromatic carbocycles. The lowest BCUT2D eigenvalue weighted by Crippen LogP contribution is -2.41. The summed E-state index contributed by atoms with van der Waals surface area (Å²) in [5.41, 5.74) is 0.159. The maximum Gasteiger partial charge on any atom is 0.308 e. The third-order valence-corrected chi connectivity index (χ3v) is 5.41. The van der Waals surface area contributed by atoms with Crippen LogP contribution in [0.4, 0.5) is 0 Å². The van der Waals surface area contributed by atoms with Gasteiger partial charge in [0.05, 0.1) is 19.6 Å².